The number of hydrogen-bond acceptors (Lipinski definition) is 7. The molecule has 12 heteroatoms. The van der Waals surface area contributed by atoms with Crippen LogP contribution in [0, 0.1) is 5.82 Å². The smallest absolute Gasteiger partial charge is 0.387 e. The van der Waals surface area contributed by atoms with E-state index in [4.69, 9.17) is 9.85 Å². The van der Waals surface area contributed by atoms with Gasteiger partial charge < -0.3 is 15.4 Å². The molecule has 1 aliphatic heterocycles. The topological polar surface area (TPSA) is 112 Å². The zero-order valence-corrected chi connectivity index (χ0v) is 19.6. The van der Waals surface area contributed by atoms with Crippen LogP contribution in [-0.4, -0.2) is 49.0 Å². The number of carbonyl (C=O) groups excluding carboxylic acids is 1. The molecule has 2 atom stereocenters. The first-order valence-corrected chi connectivity index (χ1v) is 11.4. The van der Waals surface area contributed by atoms with Crippen molar-refractivity contribution in [2.24, 2.45) is 5.73 Å². The number of aromatic nitrogens is 5. The van der Waals surface area contributed by atoms with Crippen molar-refractivity contribution in [2.75, 3.05) is 6.98 Å². The summed E-state index contributed by atoms with van der Waals surface area (Å²) in [6, 6.07) is 2.55. The van der Waals surface area contributed by atoms with E-state index in [1.807, 2.05) is 0 Å². The molecule has 0 fully saturated rings. The summed E-state index contributed by atoms with van der Waals surface area (Å²) in [4.78, 5) is 27.3. The number of ether oxygens (including phenoxy) is 1. The van der Waals surface area contributed by atoms with E-state index in [0.717, 1.165) is 12.1 Å². The quantitative estimate of drug-likeness (QED) is 0.443. The van der Waals surface area contributed by atoms with Crippen molar-refractivity contribution >= 4 is 11.4 Å². The summed E-state index contributed by atoms with van der Waals surface area (Å²) >= 11 is 0. The minimum Gasteiger partial charge on any atom is -0.431 e. The molecule has 4 aromatic rings. The predicted molar refractivity (Wildman–Crippen MR) is 126 cm³/mol. The van der Waals surface area contributed by atoms with Crippen molar-refractivity contribution in [3.05, 3.63) is 70.9 Å². The van der Waals surface area contributed by atoms with Crippen molar-refractivity contribution in [1.82, 2.24) is 29.5 Å². The fourth-order valence-corrected chi connectivity index (χ4v) is 5.08. The molecule has 3 aromatic heterocycles. The van der Waals surface area contributed by atoms with Crippen LogP contribution in [-0.2, 0) is 5.54 Å². The Hall–Kier alpha value is -4.06. The van der Waals surface area contributed by atoms with Gasteiger partial charge in [0.25, 0.3) is 5.91 Å². The standard InChI is InChI=1S/C25H22F3N7O2/c1-25(2,29)23-30-8-11(9-31-23)15-7-16-19-13-6-17(20(19)33-35(16)10-32-15)34(3)22(36)12-4-5-14(26)21(18(12)13)37-24(27)28/h4-5,7-10,13,17,24H,6,29H2,1-3H3/t13-,17-/m1/s1/i3D3. The highest BCUT2D eigenvalue weighted by Gasteiger charge is 2.46. The summed E-state index contributed by atoms with van der Waals surface area (Å²) in [5.74, 6) is -3.31. The Balaban J connectivity index is 1.58. The number of carbonyl (C=O) groups is 1. The molecule has 2 N–H and O–H groups in total. The van der Waals surface area contributed by atoms with Crippen LogP contribution in [0.5, 0.6) is 5.75 Å². The van der Waals surface area contributed by atoms with Crippen LogP contribution in [0.4, 0.5) is 13.2 Å². The van der Waals surface area contributed by atoms with Gasteiger partial charge in [-0.05, 0) is 38.5 Å². The second-order valence-electron chi connectivity index (χ2n) is 9.62. The van der Waals surface area contributed by atoms with Crippen LogP contribution in [0.15, 0.2) is 36.9 Å². The number of fused-ring (bicyclic) bond motifs is 9. The maximum absolute atomic E-state index is 14.9. The third-order valence-corrected chi connectivity index (χ3v) is 6.71. The van der Waals surface area contributed by atoms with Gasteiger partial charge in [-0.2, -0.15) is 13.9 Å². The highest BCUT2D eigenvalue weighted by Crippen LogP contribution is 2.54. The van der Waals surface area contributed by atoms with E-state index in [0.29, 0.717) is 33.1 Å². The number of benzene rings is 1. The Morgan fingerprint density at radius 2 is 1.97 bits per heavy atom. The van der Waals surface area contributed by atoms with E-state index in [2.05, 4.69) is 24.8 Å². The lowest BCUT2D eigenvalue weighted by Gasteiger charge is -2.24. The first-order chi connectivity index (χ1) is 18.8. The van der Waals surface area contributed by atoms with E-state index in [9.17, 15) is 18.0 Å². The maximum Gasteiger partial charge on any atom is 0.387 e. The van der Waals surface area contributed by atoms with Gasteiger partial charge in [-0.1, -0.05) is 0 Å². The second-order valence-corrected chi connectivity index (χ2v) is 9.62. The van der Waals surface area contributed by atoms with Gasteiger partial charge in [-0.3, -0.25) is 4.79 Å². The summed E-state index contributed by atoms with van der Waals surface area (Å²) in [5, 5.41) is 4.52. The van der Waals surface area contributed by atoms with E-state index in [1.54, 1.807) is 32.3 Å². The number of rotatable bonds is 4. The summed E-state index contributed by atoms with van der Waals surface area (Å²) in [6.45, 7) is -2.75. The average molecular weight is 513 g/mol. The van der Waals surface area contributed by atoms with Crippen LogP contribution < -0.4 is 10.5 Å². The zero-order chi connectivity index (χ0) is 28.7. The van der Waals surface area contributed by atoms with Gasteiger partial charge in [0.15, 0.2) is 11.6 Å². The molecule has 0 unspecified atom stereocenters. The summed E-state index contributed by atoms with van der Waals surface area (Å²) < 4.78 is 71.9. The highest BCUT2D eigenvalue weighted by molar-refractivity contribution is 5.98. The SMILES string of the molecule is [2H]C([2H])([2H])N1C(=O)c2ccc(F)c(OC(F)F)c2[C@H]2C[C@@H]1c1nn3cnc(-c4cnc(C(C)(C)N)nc4)cc3c12. The molecule has 0 saturated carbocycles. The highest BCUT2D eigenvalue weighted by atomic mass is 19.3. The van der Waals surface area contributed by atoms with Gasteiger partial charge in [0.1, 0.15) is 12.2 Å². The molecule has 1 aromatic carbocycles. The van der Waals surface area contributed by atoms with Gasteiger partial charge >= 0.3 is 6.61 Å². The van der Waals surface area contributed by atoms with Gasteiger partial charge in [0, 0.05) is 51.7 Å². The van der Waals surface area contributed by atoms with Crippen LogP contribution >= 0.6 is 0 Å². The molecule has 1 aliphatic carbocycles. The van der Waals surface area contributed by atoms with Gasteiger partial charge in [0.2, 0.25) is 0 Å². The number of nitrogens with zero attached hydrogens (tertiary/aromatic N) is 6. The first kappa shape index (κ1) is 20.0. The Bertz CT molecular complexity index is 1670. The lowest BCUT2D eigenvalue weighted by atomic mass is 9.88. The fourth-order valence-electron chi connectivity index (χ4n) is 5.08. The molecule has 0 spiro atoms. The predicted octanol–water partition coefficient (Wildman–Crippen LogP) is 3.78. The largest absolute Gasteiger partial charge is 0.431 e. The van der Waals surface area contributed by atoms with Gasteiger partial charge in [-0.25, -0.2) is 23.9 Å². The monoisotopic (exact) mass is 512 g/mol. The summed E-state index contributed by atoms with van der Waals surface area (Å²) in [7, 11) is 0. The number of halogens is 3. The second kappa shape index (κ2) is 7.97. The molecule has 2 bridgehead atoms. The van der Waals surface area contributed by atoms with E-state index >= 15 is 0 Å². The van der Waals surface area contributed by atoms with E-state index in [-0.39, 0.29) is 23.2 Å². The van der Waals surface area contributed by atoms with E-state index < -0.39 is 48.6 Å². The zero-order valence-electron chi connectivity index (χ0n) is 22.6. The minimum absolute atomic E-state index is 0.0185. The Morgan fingerprint density at radius 1 is 1.22 bits per heavy atom. The van der Waals surface area contributed by atoms with Crippen LogP contribution in [0.2, 0.25) is 0 Å². The van der Waals surface area contributed by atoms with Crippen LogP contribution in [0.1, 0.15) is 69.3 Å². The van der Waals surface area contributed by atoms with E-state index in [1.165, 1.54) is 10.8 Å². The third-order valence-electron chi connectivity index (χ3n) is 6.71. The lowest BCUT2D eigenvalue weighted by molar-refractivity contribution is -0.0529. The van der Waals surface area contributed by atoms with Gasteiger partial charge in [0.05, 0.1) is 28.5 Å². The summed E-state index contributed by atoms with van der Waals surface area (Å²) in [5.41, 5.74) is 7.11. The minimum atomic E-state index is -3.38. The first-order valence-electron chi connectivity index (χ1n) is 12.9. The molecular weight excluding hydrogens is 487 g/mol. The van der Waals surface area contributed by atoms with Crippen molar-refractivity contribution in [3.63, 3.8) is 0 Å². The number of alkyl halides is 2. The number of amides is 1. The number of nitrogens with two attached hydrogens (primary N) is 1. The molecule has 6 rings (SSSR count). The molecule has 4 heterocycles. The molecule has 37 heavy (non-hydrogen) atoms. The van der Waals surface area contributed by atoms with Crippen LogP contribution in [0.3, 0.4) is 0 Å². The number of hydrogen-bond donors (Lipinski definition) is 1. The molecule has 1 amide bonds. The van der Waals surface area contributed by atoms with Crippen LogP contribution in [0.25, 0.3) is 16.8 Å². The molecule has 0 radical (unpaired) electrons. The Kier molecular flexibility index (Phi) is 4.32. The normalized spacial score (nSPS) is 20.4. The third kappa shape index (κ3) is 3.54. The summed E-state index contributed by atoms with van der Waals surface area (Å²) in [6.07, 6.45) is 4.50. The lowest BCUT2D eigenvalue weighted by Crippen LogP contribution is -2.31. The maximum atomic E-state index is 14.9. The molecule has 9 nitrogen and oxygen atoms in total. The molecule has 190 valence electrons. The van der Waals surface area contributed by atoms with Gasteiger partial charge in [-0.15, -0.1) is 0 Å². The Morgan fingerprint density at radius 3 is 2.65 bits per heavy atom. The average Bonchev–Trinajstić information content (AvgIpc) is 3.36. The molecular formula is C25H22F3N7O2. The fraction of sp³-hybridized carbons (Fsp3) is 0.320. The van der Waals surface area contributed by atoms with Crippen molar-refractivity contribution < 1.29 is 26.8 Å². The molecule has 2 aliphatic rings. The van der Waals surface area contributed by atoms with Crippen molar-refractivity contribution in [3.8, 4) is 17.0 Å². The molecule has 0 saturated heterocycles. The Labute approximate surface area is 213 Å². The van der Waals surface area contributed by atoms with Crippen molar-refractivity contribution in [2.45, 2.75) is 44.4 Å². The van der Waals surface area contributed by atoms with Crippen molar-refractivity contribution in [1.29, 1.82) is 0 Å².